The SMILES string of the molecule is Cc1c(C)n(Cc2ccc(Cl)nc2)c2nc(S(C)(=O)=O)nn2c1=O. The van der Waals surface area contributed by atoms with E-state index in [1.807, 2.05) is 0 Å². The Bertz CT molecular complexity index is 1100. The van der Waals surface area contributed by atoms with E-state index < -0.39 is 15.4 Å². The molecule has 24 heavy (non-hydrogen) atoms. The zero-order valence-corrected chi connectivity index (χ0v) is 14.8. The molecule has 0 N–H and O–H groups in total. The molecular weight excluding hydrogens is 354 g/mol. The maximum absolute atomic E-state index is 12.4. The van der Waals surface area contributed by atoms with Crippen molar-refractivity contribution in [3.05, 3.63) is 50.7 Å². The van der Waals surface area contributed by atoms with Crippen molar-refractivity contribution in [1.82, 2.24) is 24.1 Å². The van der Waals surface area contributed by atoms with Gasteiger partial charge < -0.3 is 4.57 Å². The number of sulfone groups is 1. The van der Waals surface area contributed by atoms with Gasteiger partial charge in [0.25, 0.3) is 10.7 Å². The minimum atomic E-state index is -3.63. The van der Waals surface area contributed by atoms with Gasteiger partial charge in [0.05, 0.1) is 6.54 Å². The van der Waals surface area contributed by atoms with Crippen LogP contribution in [0, 0.1) is 13.8 Å². The van der Waals surface area contributed by atoms with Crippen molar-refractivity contribution >= 4 is 27.2 Å². The molecule has 0 bridgehead atoms. The summed E-state index contributed by atoms with van der Waals surface area (Å²) in [6, 6.07) is 3.46. The molecule has 0 aliphatic rings. The van der Waals surface area contributed by atoms with Gasteiger partial charge in [-0.25, -0.2) is 13.4 Å². The Morgan fingerprint density at radius 2 is 1.96 bits per heavy atom. The number of aromatic nitrogens is 5. The molecule has 0 aromatic carbocycles. The van der Waals surface area contributed by atoms with Crippen LogP contribution in [0.15, 0.2) is 28.3 Å². The maximum atomic E-state index is 12.4. The lowest BCUT2D eigenvalue weighted by Crippen LogP contribution is -2.24. The average molecular weight is 368 g/mol. The fourth-order valence-corrected chi connectivity index (χ4v) is 2.88. The molecule has 0 aliphatic heterocycles. The molecule has 0 spiro atoms. The van der Waals surface area contributed by atoms with Crippen LogP contribution in [0.5, 0.6) is 0 Å². The quantitative estimate of drug-likeness (QED) is 0.640. The highest BCUT2D eigenvalue weighted by molar-refractivity contribution is 7.90. The summed E-state index contributed by atoms with van der Waals surface area (Å²) < 4.78 is 26.2. The minimum absolute atomic E-state index is 0.165. The van der Waals surface area contributed by atoms with Crippen LogP contribution in [0.3, 0.4) is 0 Å². The van der Waals surface area contributed by atoms with Gasteiger partial charge in [-0.05, 0) is 25.5 Å². The third kappa shape index (κ3) is 2.80. The highest BCUT2D eigenvalue weighted by atomic mass is 35.5. The molecular formula is C14H14ClN5O3S. The predicted molar refractivity (Wildman–Crippen MR) is 88.2 cm³/mol. The van der Waals surface area contributed by atoms with Gasteiger partial charge in [0.2, 0.25) is 15.6 Å². The summed E-state index contributed by atoms with van der Waals surface area (Å²) in [6.45, 7) is 3.78. The first-order chi connectivity index (χ1) is 11.2. The van der Waals surface area contributed by atoms with Gasteiger partial charge in [-0.1, -0.05) is 17.7 Å². The molecule has 3 rings (SSSR count). The van der Waals surface area contributed by atoms with Gasteiger partial charge in [0, 0.05) is 23.7 Å². The van der Waals surface area contributed by atoms with Crippen molar-refractivity contribution < 1.29 is 8.42 Å². The van der Waals surface area contributed by atoms with Gasteiger partial charge in [-0.15, -0.1) is 5.10 Å². The smallest absolute Gasteiger partial charge is 0.278 e. The van der Waals surface area contributed by atoms with Crippen LogP contribution in [-0.2, 0) is 16.4 Å². The van der Waals surface area contributed by atoms with Gasteiger partial charge in [0.15, 0.2) is 0 Å². The molecule has 0 fully saturated rings. The predicted octanol–water partition coefficient (Wildman–Crippen LogP) is 1.01. The zero-order valence-electron chi connectivity index (χ0n) is 13.2. The average Bonchev–Trinajstić information content (AvgIpc) is 2.97. The van der Waals surface area contributed by atoms with Crippen molar-refractivity contribution in [3.8, 4) is 0 Å². The lowest BCUT2D eigenvalue weighted by Gasteiger charge is -2.13. The van der Waals surface area contributed by atoms with Crippen LogP contribution in [0.25, 0.3) is 5.78 Å². The highest BCUT2D eigenvalue weighted by Crippen LogP contribution is 2.14. The summed E-state index contributed by atoms with van der Waals surface area (Å²) in [6.07, 6.45) is 2.61. The third-order valence-electron chi connectivity index (χ3n) is 3.73. The van der Waals surface area contributed by atoms with Crippen LogP contribution in [0.2, 0.25) is 5.15 Å². The molecule has 0 saturated carbocycles. The normalized spacial score (nSPS) is 12.0. The van der Waals surface area contributed by atoms with E-state index in [0.29, 0.717) is 23.0 Å². The van der Waals surface area contributed by atoms with Crippen LogP contribution in [0.1, 0.15) is 16.8 Å². The fraction of sp³-hybridized carbons (Fsp3) is 0.286. The Morgan fingerprint density at radius 1 is 1.25 bits per heavy atom. The van der Waals surface area contributed by atoms with E-state index in [4.69, 9.17) is 11.6 Å². The Hall–Kier alpha value is -2.26. The number of hydrogen-bond donors (Lipinski definition) is 0. The van der Waals surface area contributed by atoms with Crippen LogP contribution < -0.4 is 5.56 Å². The standard InChI is InChI=1S/C14H14ClN5O3S/c1-8-9(2)19(7-10-4-5-11(15)16-6-10)14-17-13(24(3,22)23)18-20(14)12(8)21/h4-6H,7H2,1-3H3. The Kier molecular flexibility index (Phi) is 3.92. The summed E-state index contributed by atoms with van der Waals surface area (Å²) >= 11 is 5.79. The van der Waals surface area contributed by atoms with E-state index in [9.17, 15) is 13.2 Å². The zero-order chi connectivity index (χ0) is 17.6. The number of pyridine rings is 1. The van der Waals surface area contributed by atoms with E-state index >= 15 is 0 Å². The fourth-order valence-electron chi connectivity index (χ4n) is 2.29. The molecule has 3 aromatic heterocycles. The second kappa shape index (κ2) is 5.67. The van der Waals surface area contributed by atoms with Gasteiger partial charge in [0.1, 0.15) is 5.15 Å². The van der Waals surface area contributed by atoms with E-state index in [-0.39, 0.29) is 10.9 Å². The molecule has 0 amide bonds. The summed E-state index contributed by atoms with van der Waals surface area (Å²) in [5, 5.41) is 3.84. The molecule has 0 atom stereocenters. The third-order valence-corrected chi connectivity index (χ3v) is 4.79. The lowest BCUT2D eigenvalue weighted by atomic mass is 10.2. The van der Waals surface area contributed by atoms with E-state index in [0.717, 1.165) is 16.3 Å². The van der Waals surface area contributed by atoms with Crippen LogP contribution >= 0.6 is 11.6 Å². The first-order valence-electron chi connectivity index (χ1n) is 6.96. The molecule has 0 saturated heterocycles. The Morgan fingerprint density at radius 3 is 2.54 bits per heavy atom. The van der Waals surface area contributed by atoms with E-state index in [1.165, 1.54) is 0 Å². The number of fused-ring (bicyclic) bond motifs is 1. The number of nitrogens with zero attached hydrogens (tertiary/aromatic N) is 5. The first-order valence-corrected chi connectivity index (χ1v) is 9.22. The summed E-state index contributed by atoms with van der Waals surface area (Å²) in [7, 11) is -3.63. The van der Waals surface area contributed by atoms with Crippen molar-refractivity contribution in [2.45, 2.75) is 25.5 Å². The van der Waals surface area contributed by atoms with Crippen molar-refractivity contribution in [2.75, 3.05) is 6.26 Å². The second-order valence-electron chi connectivity index (χ2n) is 5.47. The van der Waals surface area contributed by atoms with Crippen molar-refractivity contribution in [2.24, 2.45) is 0 Å². The largest absolute Gasteiger partial charge is 0.309 e. The van der Waals surface area contributed by atoms with Crippen LogP contribution in [0.4, 0.5) is 0 Å². The molecule has 0 unspecified atom stereocenters. The van der Waals surface area contributed by atoms with Gasteiger partial charge in [-0.2, -0.15) is 9.50 Å². The van der Waals surface area contributed by atoms with Crippen molar-refractivity contribution in [1.29, 1.82) is 0 Å². The van der Waals surface area contributed by atoms with Gasteiger partial charge >= 0.3 is 0 Å². The summed E-state index contributed by atoms with van der Waals surface area (Å²) in [5.41, 5.74) is 1.58. The number of halogens is 1. The highest BCUT2D eigenvalue weighted by Gasteiger charge is 2.20. The summed E-state index contributed by atoms with van der Waals surface area (Å²) in [4.78, 5) is 20.4. The maximum Gasteiger partial charge on any atom is 0.278 e. The van der Waals surface area contributed by atoms with Gasteiger partial charge in [-0.3, -0.25) is 4.79 Å². The monoisotopic (exact) mass is 367 g/mol. The topological polar surface area (TPSA) is 99.2 Å². The Balaban J connectivity index is 2.27. The van der Waals surface area contributed by atoms with E-state index in [1.54, 1.807) is 36.7 Å². The molecule has 3 aromatic rings. The molecule has 126 valence electrons. The first kappa shape index (κ1) is 16.6. The lowest BCUT2D eigenvalue weighted by molar-refractivity contribution is 0.592. The molecule has 3 heterocycles. The molecule has 8 nitrogen and oxygen atoms in total. The number of hydrogen-bond acceptors (Lipinski definition) is 6. The molecule has 0 aliphatic carbocycles. The Labute approximate surface area is 142 Å². The molecule has 0 radical (unpaired) electrons. The minimum Gasteiger partial charge on any atom is -0.309 e. The summed E-state index contributed by atoms with van der Waals surface area (Å²) in [5.74, 6) is 0.165. The number of rotatable bonds is 3. The van der Waals surface area contributed by atoms with Crippen LogP contribution in [-0.4, -0.2) is 38.8 Å². The molecule has 10 heteroatoms. The van der Waals surface area contributed by atoms with Crippen molar-refractivity contribution in [3.63, 3.8) is 0 Å². The van der Waals surface area contributed by atoms with E-state index in [2.05, 4.69) is 15.1 Å². The second-order valence-corrected chi connectivity index (χ2v) is 7.77.